The summed E-state index contributed by atoms with van der Waals surface area (Å²) in [5.41, 5.74) is 3.52. The van der Waals surface area contributed by atoms with Crippen molar-refractivity contribution in [3.63, 3.8) is 0 Å². The van der Waals surface area contributed by atoms with Crippen LogP contribution in [0.4, 0.5) is 17.3 Å². The Morgan fingerprint density at radius 1 is 0.930 bits per heavy atom. The molecule has 0 spiro atoms. The second kappa shape index (κ2) is 10.8. The number of esters is 1. The first-order valence-corrected chi connectivity index (χ1v) is 16.9. The van der Waals surface area contributed by atoms with Crippen molar-refractivity contribution in [3.05, 3.63) is 102 Å². The van der Waals surface area contributed by atoms with E-state index in [4.69, 9.17) is 4.74 Å². The Bertz CT molecular complexity index is 2030. The zero-order chi connectivity index (χ0) is 30.4. The number of rotatable bonds is 8. The fourth-order valence-corrected chi connectivity index (χ4v) is 8.21. The molecule has 0 bridgehead atoms. The van der Waals surface area contributed by atoms with Crippen molar-refractivity contribution < 1.29 is 26.4 Å². The monoisotopic (exact) mass is 618 g/mol. The van der Waals surface area contributed by atoms with Crippen LogP contribution in [0.1, 0.15) is 33.9 Å². The number of aromatic nitrogens is 4. The largest absolute Gasteiger partial charge is 0.423 e. The summed E-state index contributed by atoms with van der Waals surface area (Å²) >= 11 is 0. The number of carbonyl (C=O) groups excluding carboxylic acids is 1. The lowest BCUT2D eigenvalue weighted by Crippen LogP contribution is -2.35. The lowest BCUT2D eigenvalue weighted by Gasteiger charge is -2.20. The normalized spacial score (nSPS) is 14.8. The smallest absolute Gasteiger partial charge is 0.343 e. The van der Waals surface area contributed by atoms with Crippen LogP contribution in [-0.2, 0) is 26.5 Å². The molecule has 0 fully saturated rings. The Balaban J connectivity index is 1.26. The summed E-state index contributed by atoms with van der Waals surface area (Å²) < 4.78 is 56.3. The summed E-state index contributed by atoms with van der Waals surface area (Å²) in [7, 11) is -8.11. The van der Waals surface area contributed by atoms with Crippen LogP contribution in [0.3, 0.4) is 0 Å². The predicted octanol–water partition coefficient (Wildman–Crippen LogP) is 4.05. The van der Waals surface area contributed by atoms with Gasteiger partial charge in [-0.3, -0.25) is 0 Å². The van der Waals surface area contributed by atoms with Crippen LogP contribution in [0, 0.1) is 0 Å². The number of hydrogen-bond acceptors (Lipinski definition) is 10. The third-order valence-corrected chi connectivity index (χ3v) is 10.2. The molecule has 220 valence electrons. The van der Waals surface area contributed by atoms with Gasteiger partial charge in [-0.2, -0.15) is 13.8 Å². The molecule has 2 heterocycles. The average Bonchev–Trinajstić information content (AvgIpc) is 3.57. The number of fused-ring (bicyclic) bond motifs is 2. The highest BCUT2D eigenvalue weighted by molar-refractivity contribution is 8.09. The van der Waals surface area contributed by atoms with Crippen LogP contribution < -0.4 is 13.8 Å². The summed E-state index contributed by atoms with van der Waals surface area (Å²) in [6.07, 6.45) is 6.42. The minimum atomic E-state index is -4.06. The second-order valence-corrected chi connectivity index (χ2v) is 14.0. The highest BCUT2D eigenvalue weighted by atomic mass is 32.3. The lowest BCUT2D eigenvalue weighted by atomic mass is 10.1. The average molecular weight is 619 g/mol. The molecule has 1 N–H and O–H groups in total. The first-order valence-electron chi connectivity index (χ1n) is 13.2. The number of hydrogen-bond donors (Lipinski definition) is 1. The van der Waals surface area contributed by atoms with Crippen molar-refractivity contribution in [2.45, 2.75) is 18.9 Å². The maximum absolute atomic E-state index is 12.7. The highest BCUT2D eigenvalue weighted by Crippen LogP contribution is 2.40. The molecule has 43 heavy (non-hydrogen) atoms. The van der Waals surface area contributed by atoms with E-state index in [1.807, 2.05) is 22.9 Å². The molecule has 0 amide bonds. The summed E-state index contributed by atoms with van der Waals surface area (Å²) in [5, 5.41) is 8.41. The first kappa shape index (κ1) is 28.3. The van der Waals surface area contributed by atoms with E-state index in [0.29, 0.717) is 32.8 Å². The van der Waals surface area contributed by atoms with Gasteiger partial charge < -0.3 is 10.1 Å². The quantitative estimate of drug-likeness (QED) is 0.199. The van der Waals surface area contributed by atoms with E-state index in [0.717, 1.165) is 35.4 Å². The standard InChI is InChI=1S/C29H26N6O6S2/c1-42(37,38)35(43(2,39)40)22-13-11-21(12-14-22)32-29-30-17-20-18-31-34(27(20)33-29)25-16-15-24-23(25)9-6-10-26(24)41-28(36)19-7-4-3-5-8-19/h3-14,17-18,25H,15-16H2,1-2H3,(H,30,32,33). The molecule has 2 aromatic heterocycles. The van der Waals surface area contributed by atoms with Gasteiger partial charge in [0, 0.05) is 17.4 Å². The van der Waals surface area contributed by atoms with E-state index < -0.39 is 26.0 Å². The third-order valence-electron chi connectivity index (χ3n) is 6.97. The number of anilines is 3. The van der Waals surface area contributed by atoms with Gasteiger partial charge in [-0.15, -0.1) is 0 Å². The number of carbonyl (C=O) groups is 1. The van der Waals surface area contributed by atoms with E-state index in [-0.39, 0.29) is 17.7 Å². The number of nitrogens with zero attached hydrogens (tertiary/aromatic N) is 5. The van der Waals surface area contributed by atoms with Gasteiger partial charge in [0.25, 0.3) is 0 Å². The van der Waals surface area contributed by atoms with Gasteiger partial charge in [0.2, 0.25) is 26.0 Å². The molecular weight excluding hydrogens is 592 g/mol. The van der Waals surface area contributed by atoms with Gasteiger partial charge in [0.05, 0.1) is 41.4 Å². The number of nitrogens with one attached hydrogen (secondary N) is 1. The van der Waals surface area contributed by atoms with Crippen LogP contribution in [-0.4, -0.2) is 55.1 Å². The van der Waals surface area contributed by atoms with Gasteiger partial charge in [-0.1, -0.05) is 30.3 Å². The SMILES string of the molecule is CS(=O)(=O)N(c1ccc(Nc2ncc3cnn(C4CCc5c(OC(=O)c6ccccc6)cccc54)c3n2)cc1)S(C)(=O)=O. The van der Waals surface area contributed by atoms with Crippen LogP contribution in [0.2, 0.25) is 0 Å². The van der Waals surface area contributed by atoms with Crippen LogP contribution in [0.25, 0.3) is 11.0 Å². The molecule has 0 aliphatic heterocycles. The molecule has 6 rings (SSSR count). The summed E-state index contributed by atoms with van der Waals surface area (Å²) in [4.78, 5) is 21.8. The van der Waals surface area contributed by atoms with Gasteiger partial charge in [-0.05, 0) is 60.9 Å². The topological polar surface area (TPSA) is 153 Å². The summed E-state index contributed by atoms with van der Waals surface area (Å²) in [5.74, 6) is 0.378. The van der Waals surface area contributed by atoms with Crippen LogP contribution in [0.5, 0.6) is 5.75 Å². The van der Waals surface area contributed by atoms with Gasteiger partial charge in [-0.25, -0.2) is 31.3 Å². The van der Waals surface area contributed by atoms with Crippen molar-refractivity contribution in [1.82, 2.24) is 19.7 Å². The minimum absolute atomic E-state index is 0.0151. The predicted molar refractivity (Wildman–Crippen MR) is 162 cm³/mol. The third kappa shape index (κ3) is 5.66. The maximum atomic E-state index is 12.7. The number of ether oxygens (including phenoxy) is 1. The van der Waals surface area contributed by atoms with Crippen molar-refractivity contribution >= 4 is 54.4 Å². The fourth-order valence-electron chi connectivity index (χ4n) is 5.23. The fraction of sp³-hybridized carbons (Fsp3) is 0.172. The van der Waals surface area contributed by atoms with Crippen molar-refractivity contribution in [1.29, 1.82) is 0 Å². The Morgan fingerprint density at radius 2 is 1.65 bits per heavy atom. The molecule has 5 aromatic rings. The number of benzene rings is 3. The van der Waals surface area contributed by atoms with Gasteiger partial charge in [0.1, 0.15) is 5.75 Å². The molecule has 1 atom stereocenters. The Hall–Kier alpha value is -4.82. The van der Waals surface area contributed by atoms with Gasteiger partial charge >= 0.3 is 5.97 Å². The van der Waals surface area contributed by atoms with Crippen molar-refractivity contribution in [3.8, 4) is 5.75 Å². The van der Waals surface area contributed by atoms with Crippen molar-refractivity contribution in [2.75, 3.05) is 21.5 Å². The Morgan fingerprint density at radius 3 is 2.35 bits per heavy atom. The first-order chi connectivity index (χ1) is 20.5. The molecule has 3 aromatic carbocycles. The zero-order valence-corrected chi connectivity index (χ0v) is 24.7. The molecular formula is C29H26N6O6S2. The minimum Gasteiger partial charge on any atom is -0.423 e. The molecule has 0 saturated heterocycles. The van der Waals surface area contributed by atoms with E-state index in [1.165, 1.54) is 24.3 Å². The van der Waals surface area contributed by atoms with E-state index in [2.05, 4.69) is 20.4 Å². The molecule has 1 aliphatic rings. The molecule has 1 unspecified atom stereocenters. The van der Waals surface area contributed by atoms with E-state index in [9.17, 15) is 21.6 Å². The van der Waals surface area contributed by atoms with Crippen LogP contribution in [0.15, 0.2) is 85.2 Å². The Labute approximate surface area is 248 Å². The highest BCUT2D eigenvalue weighted by Gasteiger charge is 2.30. The van der Waals surface area contributed by atoms with Crippen LogP contribution >= 0.6 is 0 Å². The lowest BCUT2D eigenvalue weighted by molar-refractivity contribution is 0.0733. The van der Waals surface area contributed by atoms with E-state index in [1.54, 1.807) is 42.7 Å². The Kier molecular flexibility index (Phi) is 7.10. The maximum Gasteiger partial charge on any atom is 0.343 e. The molecule has 0 radical (unpaired) electrons. The summed E-state index contributed by atoms with van der Waals surface area (Å²) in [6.45, 7) is 0. The second-order valence-electron chi connectivity index (χ2n) is 10.1. The number of sulfonamides is 2. The molecule has 14 heteroatoms. The van der Waals surface area contributed by atoms with Crippen molar-refractivity contribution in [2.24, 2.45) is 0 Å². The molecule has 0 saturated carbocycles. The van der Waals surface area contributed by atoms with E-state index >= 15 is 0 Å². The van der Waals surface area contributed by atoms with Gasteiger partial charge in [0.15, 0.2) is 5.65 Å². The molecule has 1 aliphatic carbocycles. The summed E-state index contributed by atoms with van der Waals surface area (Å²) in [6, 6.07) is 20.2. The zero-order valence-electron chi connectivity index (χ0n) is 23.1. The molecule has 12 nitrogen and oxygen atoms in total.